The van der Waals surface area contributed by atoms with Crippen molar-refractivity contribution in [2.45, 2.75) is 5.92 Å². The van der Waals surface area contributed by atoms with Crippen LogP contribution in [0, 0.1) is 0 Å². The number of hydrogen-bond donors (Lipinski definition) is 0. The Bertz CT molecular complexity index is 905. The molecule has 0 nitrogen and oxygen atoms in total. The number of rotatable bonds is 2. The standard InChI is InChI=1S/C25H19Se/c1-3-11-19(12-4-1)25-21-15-7-9-17-23(21)26(20-13-5-2-6-14-20)24-18-10-8-16-22(24)25/h1-18,25H. The zero-order valence-electron chi connectivity index (χ0n) is 14.4. The Morgan fingerprint density at radius 2 is 0.923 bits per heavy atom. The maximum absolute atomic E-state index is 2.36. The predicted molar refractivity (Wildman–Crippen MR) is 111 cm³/mol. The molecule has 0 saturated carbocycles. The van der Waals surface area contributed by atoms with E-state index in [1.165, 1.54) is 21.2 Å². The molecule has 4 aromatic rings. The van der Waals surface area contributed by atoms with Crippen LogP contribution in [0.2, 0.25) is 0 Å². The minimum atomic E-state index is -1.27. The third kappa shape index (κ3) is 2.52. The summed E-state index contributed by atoms with van der Waals surface area (Å²) in [5, 5.41) is 0. The summed E-state index contributed by atoms with van der Waals surface area (Å²) in [4.78, 5) is 0. The SMILES string of the molecule is c1ccc(C2c3ccccc3[Se](c3ccccc3)c3ccccc32)cc1. The molecule has 0 aromatic heterocycles. The number of fused-ring (bicyclic) bond motifs is 2. The fraction of sp³-hybridized carbons (Fsp3) is 0.0400. The van der Waals surface area contributed by atoms with Gasteiger partial charge in [-0.1, -0.05) is 0 Å². The Hall–Kier alpha value is -2.60. The molecular formula is C25H19Se. The van der Waals surface area contributed by atoms with Crippen molar-refractivity contribution < 1.29 is 0 Å². The van der Waals surface area contributed by atoms with Crippen LogP contribution in [0.5, 0.6) is 0 Å². The van der Waals surface area contributed by atoms with E-state index >= 15 is 0 Å². The monoisotopic (exact) mass is 399 g/mol. The first-order chi connectivity index (χ1) is 12.9. The van der Waals surface area contributed by atoms with Gasteiger partial charge in [-0.05, 0) is 0 Å². The molecule has 125 valence electrons. The molecule has 0 N–H and O–H groups in total. The third-order valence-electron chi connectivity index (χ3n) is 5.01. The van der Waals surface area contributed by atoms with Gasteiger partial charge in [-0.25, -0.2) is 0 Å². The van der Waals surface area contributed by atoms with E-state index in [-0.39, 0.29) is 0 Å². The molecule has 26 heavy (non-hydrogen) atoms. The Morgan fingerprint density at radius 3 is 1.50 bits per heavy atom. The van der Waals surface area contributed by atoms with Crippen LogP contribution >= 0.6 is 0 Å². The van der Waals surface area contributed by atoms with E-state index in [0.717, 1.165) is 0 Å². The van der Waals surface area contributed by atoms with Gasteiger partial charge in [0.15, 0.2) is 0 Å². The van der Waals surface area contributed by atoms with Crippen molar-refractivity contribution in [3.8, 4) is 0 Å². The van der Waals surface area contributed by atoms with E-state index in [1.807, 2.05) is 0 Å². The first kappa shape index (κ1) is 15.6. The second kappa shape index (κ2) is 6.61. The van der Waals surface area contributed by atoms with Crippen LogP contribution in [-0.2, 0) is 0 Å². The van der Waals surface area contributed by atoms with Gasteiger partial charge in [-0.3, -0.25) is 0 Å². The van der Waals surface area contributed by atoms with Gasteiger partial charge in [-0.15, -0.1) is 0 Å². The summed E-state index contributed by atoms with van der Waals surface area (Å²) in [6.07, 6.45) is 0. The summed E-state index contributed by atoms with van der Waals surface area (Å²) < 4.78 is 4.58. The molecule has 0 atom stereocenters. The average Bonchev–Trinajstić information content (AvgIpc) is 2.73. The van der Waals surface area contributed by atoms with E-state index in [0.29, 0.717) is 5.92 Å². The van der Waals surface area contributed by atoms with E-state index in [1.54, 1.807) is 8.92 Å². The van der Waals surface area contributed by atoms with Crippen LogP contribution < -0.4 is 13.4 Å². The maximum atomic E-state index is 2.36. The van der Waals surface area contributed by atoms with Crippen LogP contribution in [0.1, 0.15) is 22.6 Å². The zero-order chi connectivity index (χ0) is 17.3. The molecule has 1 radical (unpaired) electrons. The van der Waals surface area contributed by atoms with Gasteiger partial charge in [0.2, 0.25) is 0 Å². The summed E-state index contributed by atoms with van der Waals surface area (Å²) >= 11 is -1.27. The molecule has 1 heteroatoms. The van der Waals surface area contributed by atoms with E-state index in [9.17, 15) is 0 Å². The first-order valence-corrected chi connectivity index (χ1v) is 11.5. The Labute approximate surface area is 159 Å². The zero-order valence-corrected chi connectivity index (χ0v) is 16.1. The Morgan fingerprint density at radius 1 is 0.462 bits per heavy atom. The van der Waals surface area contributed by atoms with Gasteiger partial charge in [0.05, 0.1) is 0 Å². The molecule has 0 unspecified atom stereocenters. The van der Waals surface area contributed by atoms with Crippen molar-refractivity contribution in [3.05, 3.63) is 126 Å². The predicted octanol–water partition coefficient (Wildman–Crippen LogP) is 3.70. The van der Waals surface area contributed by atoms with Crippen molar-refractivity contribution in [1.29, 1.82) is 0 Å². The van der Waals surface area contributed by atoms with E-state index in [2.05, 4.69) is 109 Å². The van der Waals surface area contributed by atoms with Gasteiger partial charge in [0, 0.05) is 0 Å². The van der Waals surface area contributed by atoms with Gasteiger partial charge < -0.3 is 0 Å². The first-order valence-electron chi connectivity index (χ1n) is 8.95. The molecule has 0 amide bonds. The molecule has 5 rings (SSSR count). The van der Waals surface area contributed by atoms with Crippen LogP contribution in [0.3, 0.4) is 0 Å². The molecule has 1 aliphatic heterocycles. The van der Waals surface area contributed by atoms with Crippen LogP contribution in [0.15, 0.2) is 109 Å². The summed E-state index contributed by atoms with van der Waals surface area (Å²) in [6.45, 7) is 0. The molecule has 1 heterocycles. The van der Waals surface area contributed by atoms with Crippen molar-refractivity contribution in [3.63, 3.8) is 0 Å². The van der Waals surface area contributed by atoms with E-state index < -0.39 is 13.9 Å². The molecule has 1 aliphatic rings. The minimum absolute atomic E-state index is 0.326. The fourth-order valence-corrected chi connectivity index (χ4v) is 9.04. The second-order valence-electron chi connectivity index (χ2n) is 6.54. The molecule has 0 saturated heterocycles. The fourth-order valence-electron chi connectivity index (χ4n) is 3.91. The van der Waals surface area contributed by atoms with Gasteiger partial charge in [-0.2, -0.15) is 0 Å². The average molecular weight is 398 g/mol. The Kier molecular flexibility index (Phi) is 3.97. The second-order valence-corrected chi connectivity index (χ2v) is 10.7. The molecular weight excluding hydrogens is 379 g/mol. The summed E-state index contributed by atoms with van der Waals surface area (Å²) in [7, 11) is 0. The summed E-state index contributed by atoms with van der Waals surface area (Å²) in [5.74, 6) is 0.326. The molecule has 4 aromatic carbocycles. The summed E-state index contributed by atoms with van der Waals surface area (Å²) in [6, 6.07) is 40.2. The van der Waals surface area contributed by atoms with Crippen LogP contribution in [0.25, 0.3) is 0 Å². The third-order valence-corrected chi connectivity index (χ3v) is 9.98. The molecule has 0 bridgehead atoms. The molecule has 0 spiro atoms. The molecule has 0 fully saturated rings. The van der Waals surface area contributed by atoms with Crippen LogP contribution in [0.4, 0.5) is 0 Å². The quantitative estimate of drug-likeness (QED) is 0.398. The normalized spacial score (nSPS) is 13.8. The van der Waals surface area contributed by atoms with Gasteiger partial charge in [0.1, 0.15) is 0 Å². The molecule has 0 aliphatic carbocycles. The number of hydrogen-bond acceptors (Lipinski definition) is 0. The van der Waals surface area contributed by atoms with Crippen molar-refractivity contribution >= 4 is 27.3 Å². The topological polar surface area (TPSA) is 0 Å². The van der Waals surface area contributed by atoms with Gasteiger partial charge >= 0.3 is 159 Å². The van der Waals surface area contributed by atoms with Crippen molar-refractivity contribution in [2.24, 2.45) is 0 Å². The van der Waals surface area contributed by atoms with Crippen molar-refractivity contribution in [1.82, 2.24) is 0 Å². The van der Waals surface area contributed by atoms with Gasteiger partial charge in [0.25, 0.3) is 0 Å². The van der Waals surface area contributed by atoms with E-state index in [4.69, 9.17) is 0 Å². The summed E-state index contributed by atoms with van der Waals surface area (Å²) in [5.41, 5.74) is 4.34. The Balaban J connectivity index is 1.80. The van der Waals surface area contributed by atoms with Crippen LogP contribution in [-0.4, -0.2) is 13.9 Å². The number of benzene rings is 4. The van der Waals surface area contributed by atoms with Crippen molar-refractivity contribution in [2.75, 3.05) is 0 Å².